The number of nitrogens with zero attached hydrogens (tertiary/aromatic N) is 3. The zero-order valence-corrected chi connectivity index (χ0v) is 18.5. The van der Waals surface area contributed by atoms with E-state index in [0.29, 0.717) is 37.6 Å². The van der Waals surface area contributed by atoms with Crippen molar-refractivity contribution in [1.82, 2.24) is 14.8 Å². The number of oxazole rings is 1. The topological polar surface area (TPSA) is 49.6 Å². The monoisotopic (exact) mass is 465 g/mol. The molecule has 5 nitrogen and oxygen atoms in total. The molecule has 1 amide bonds. The summed E-state index contributed by atoms with van der Waals surface area (Å²) in [4.78, 5) is 22.2. The molecule has 0 saturated carbocycles. The molecule has 0 radical (unpaired) electrons. The first-order chi connectivity index (χ1) is 16.1. The minimum atomic E-state index is -0.304. The third kappa shape index (κ3) is 4.44. The molecule has 1 saturated heterocycles. The van der Waals surface area contributed by atoms with E-state index in [-0.39, 0.29) is 23.6 Å². The third-order valence-corrected chi connectivity index (χ3v) is 6.72. The van der Waals surface area contributed by atoms with E-state index in [9.17, 15) is 13.6 Å². The Morgan fingerprint density at radius 3 is 2.06 bits per heavy atom. The minimum absolute atomic E-state index is 0.160. The second-order valence-corrected chi connectivity index (χ2v) is 8.79. The van der Waals surface area contributed by atoms with Crippen molar-refractivity contribution in [2.24, 2.45) is 0 Å². The molecule has 5 rings (SSSR count). The summed E-state index contributed by atoms with van der Waals surface area (Å²) in [6, 6.07) is 16.4. The van der Waals surface area contributed by atoms with Crippen LogP contribution in [-0.2, 0) is 0 Å². The van der Waals surface area contributed by atoms with Crippen LogP contribution < -0.4 is 0 Å². The van der Waals surface area contributed by atoms with E-state index >= 15 is 0 Å². The molecule has 0 bridgehead atoms. The summed E-state index contributed by atoms with van der Waals surface area (Å²) in [6.07, 6.45) is 1.30. The van der Waals surface area contributed by atoms with Crippen molar-refractivity contribution < 1.29 is 18.0 Å². The van der Waals surface area contributed by atoms with Gasteiger partial charge in [-0.25, -0.2) is 13.8 Å². The smallest absolute Gasteiger partial charge is 0.276 e. The number of hydrogen-bond donors (Lipinski definition) is 0. The molecule has 1 fully saturated rings. The summed E-state index contributed by atoms with van der Waals surface area (Å²) in [5, 5.41) is 1.93. The highest BCUT2D eigenvalue weighted by Gasteiger charge is 2.31. The number of rotatable bonds is 5. The van der Waals surface area contributed by atoms with E-state index in [1.165, 1.54) is 42.0 Å². The molecular weight excluding hydrogens is 444 g/mol. The van der Waals surface area contributed by atoms with Gasteiger partial charge in [0.25, 0.3) is 5.91 Å². The lowest BCUT2D eigenvalue weighted by Gasteiger charge is -2.39. The van der Waals surface area contributed by atoms with E-state index < -0.39 is 0 Å². The van der Waals surface area contributed by atoms with Crippen molar-refractivity contribution in [2.75, 3.05) is 26.2 Å². The molecule has 0 spiro atoms. The Morgan fingerprint density at radius 2 is 1.52 bits per heavy atom. The Bertz CT molecular complexity index is 1170. The molecule has 8 heteroatoms. The quantitative estimate of drug-likeness (QED) is 0.405. The zero-order valence-electron chi connectivity index (χ0n) is 17.7. The number of piperazine rings is 1. The van der Waals surface area contributed by atoms with Gasteiger partial charge in [-0.15, -0.1) is 11.3 Å². The van der Waals surface area contributed by atoms with Gasteiger partial charge in [0.05, 0.1) is 10.9 Å². The van der Waals surface area contributed by atoms with Crippen molar-refractivity contribution >= 4 is 17.2 Å². The standard InChI is InChI=1S/C25H21F2N3O2S/c26-19-7-3-17(4-8-19)23(18-5-9-20(27)10-6-18)29-11-13-30(14-12-29)25(31)22-24(32-16-28-22)21-2-1-15-33-21/h1-10,15-16,23H,11-14H2. The number of carbonyl (C=O) groups is 1. The first kappa shape index (κ1) is 21.5. The van der Waals surface area contributed by atoms with Gasteiger partial charge in [-0.2, -0.15) is 0 Å². The van der Waals surface area contributed by atoms with Gasteiger partial charge < -0.3 is 9.32 Å². The van der Waals surface area contributed by atoms with Crippen molar-refractivity contribution in [3.8, 4) is 10.6 Å². The Balaban J connectivity index is 1.35. The van der Waals surface area contributed by atoms with Crippen LogP contribution in [0.1, 0.15) is 27.7 Å². The van der Waals surface area contributed by atoms with Crippen LogP contribution in [0.25, 0.3) is 10.6 Å². The van der Waals surface area contributed by atoms with Gasteiger partial charge in [0.1, 0.15) is 11.6 Å². The molecule has 0 unspecified atom stereocenters. The highest BCUT2D eigenvalue weighted by molar-refractivity contribution is 7.13. The fourth-order valence-electron chi connectivity index (χ4n) is 4.22. The van der Waals surface area contributed by atoms with Crippen LogP contribution in [0.4, 0.5) is 8.78 Å². The highest BCUT2D eigenvalue weighted by atomic mass is 32.1. The SMILES string of the molecule is O=C(c1ncoc1-c1cccs1)N1CCN(C(c2ccc(F)cc2)c2ccc(F)cc2)CC1. The molecule has 0 N–H and O–H groups in total. The number of halogens is 2. The number of carbonyl (C=O) groups excluding carboxylic acids is 1. The maximum Gasteiger partial charge on any atom is 0.276 e. The van der Waals surface area contributed by atoms with Crippen molar-refractivity contribution in [1.29, 1.82) is 0 Å². The Kier molecular flexibility index (Phi) is 6.02. The Labute approximate surface area is 193 Å². The van der Waals surface area contributed by atoms with Crippen LogP contribution in [0.3, 0.4) is 0 Å². The summed E-state index contributed by atoms with van der Waals surface area (Å²) in [7, 11) is 0. The molecule has 0 atom stereocenters. The number of amides is 1. The molecule has 2 aromatic carbocycles. The molecule has 0 aliphatic carbocycles. The number of aromatic nitrogens is 1. The van der Waals surface area contributed by atoms with Crippen LogP contribution in [0.5, 0.6) is 0 Å². The average molecular weight is 466 g/mol. The van der Waals surface area contributed by atoms with E-state index in [2.05, 4.69) is 9.88 Å². The average Bonchev–Trinajstić information content (AvgIpc) is 3.54. The Hall–Kier alpha value is -3.36. The van der Waals surface area contributed by atoms with Crippen molar-refractivity contribution in [2.45, 2.75) is 6.04 Å². The van der Waals surface area contributed by atoms with Gasteiger partial charge in [0.15, 0.2) is 17.8 Å². The van der Waals surface area contributed by atoms with E-state index in [1.54, 1.807) is 29.2 Å². The van der Waals surface area contributed by atoms with E-state index in [4.69, 9.17) is 4.42 Å². The summed E-state index contributed by atoms with van der Waals surface area (Å²) in [5.41, 5.74) is 2.15. The summed E-state index contributed by atoms with van der Waals surface area (Å²) in [5.74, 6) is -0.276. The van der Waals surface area contributed by atoms with Gasteiger partial charge >= 0.3 is 0 Å². The number of hydrogen-bond acceptors (Lipinski definition) is 5. The largest absolute Gasteiger partial charge is 0.442 e. The summed E-state index contributed by atoms with van der Waals surface area (Å²) >= 11 is 1.49. The van der Waals surface area contributed by atoms with Gasteiger partial charge in [0.2, 0.25) is 0 Å². The highest BCUT2D eigenvalue weighted by Crippen LogP contribution is 2.31. The predicted octanol–water partition coefficient (Wildman–Crippen LogP) is 5.23. The fraction of sp³-hybridized carbons (Fsp3) is 0.200. The van der Waals surface area contributed by atoms with Crippen molar-refractivity contribution in [3.63, 3.8) is 0 Å². The van der Waals surface area contributed by atoms with Gasteiger partial charge in [-0.05, 0) is 46.8 Å². The Morgan fingerprint density at radius 1 is 0.909 bits per heavy atom. The van der Waals surface area contributed by atoms with Crippen LogP contribution in [0.2, 0.25) is 0 Å². The normalized spacial score (nSPS) is 14.7. The van der Waals surface area contributed by atoms with Gasteiger partial charge in [0, 0.05) is 26.2 Å². The molecule has 4 aromatic rings. The fourth-order valence-corrected chi connectivity index (χ4v) is 4.93. The lowest BCUT2D eigenvalue weighted by atomic mass is 9.96. The maximum atomic E-state index is 13.5. The second-order valence-electron chi connectivity index (χ2n) is 7.84. The second kappa shape index (κ2) is 9.25. The molecule has 168 valence electrons. The molecule has 2 aromatic heterocycles. The third-order valence-electron chi connectivity index (χ3n) is 5.85. The van der Waals surface area contributed by atoms with Crippen LogP contribution >= 0.6 is 11.3 Å². The summed E-state index contributed by atoms with van der Waals surface area (Å²) in [6.45, 7) is 2.23. The lowest BCUT2D eigenvalue weighted by molar-refractivity contribution is 0.0592. The summed E-state index contributed by atoms with van der Waals surface area (Å²) < 4.78 is 32.6. The first-order valence-corrected chi connectivity index (χ1v) is 11.5. The van der Waals surface area contributed by atoms with Crippen LogP contribution in [0, 0.1) is 11.6 Å². The molecule has 1 aliphatic heterocycles. The van der Waals surface area contributed by atoms with Crippen LogP contribution in [0.15, 0.2) is 76.9 Å². The van der Waals surface area contributed by atoms with E-state index in [1.807, 2.05) is 17.5 Å². The van der Waals surface area contributed by atoms with Crippen LogP contribution in [-0.4, -0.2) is 46.9 Å². The van der Waals surface area contributed by atoms with Gasteiger partial charge in [-0.3, -0.25) is 9.69 Å². The molecule has 1 aliphatic rings. The van der Waals surface area contributed by atoms with Crippen molar-refractivity contribution in [3.05, 3.63) is 101 Å². The molecule has 3 heterocycles. The zero-order chi connectivity index (χ0) is 22.8. The lowest BCUT2D eigenvalue weighted by Crippen LogP contribution is -2.50. The predicted molar refractivity (Wildman–Crippen MR) is 122 cm³/mol. The molecule has 33 heavy (non-hydrogen) atoms. The minimum Gasteiger partial charge on any atom is -0.442 e. The molecular formula is C25H21F2N3O2S. The maximum absolute atomic E-state index is 13.5. The van der Waals surface area contributed by atoms with E-state index in [0.717, 1.165) is 16.0 Å². The first-order valence-electron chi connectivity index (χ1n) is 10.6. The number of thiophene rings is 1. The van der Waals surface area contributed by atoms with Gasteiger partial charge in [-0.1, -0.05) is 30.3 Å². The number of benzene rings is 2.